The normalized spacial score (nSPS) is 12.3. The third kappa shape index (κ3) is 5.23. The van der Waals surface area contributed by atoms with E-state index in [1.165, 1.54) is 12.2 Å². The van der Waals surface area contributed by atoms with Gasteiger partial charge in [0.25, 0.3) is 0 Å². The van der Waals surface area contributed by atoms with Gasteiger partial charge in [-0.15, -0.1) is 0 Å². The zero-order chi connectivity index (χ0) is 15.1. The van der Waals surface area contributed by atoms with Crippen molar-refractivity contribution in [3.05, 3.63) is 39.9 Å². The van der Waals surface area contributed by atoms with Gasteiger partial charge in [-0.1, -0.05) is 42.6 Å². The number of benzene rings is 1. The Morgan fingerprint density at radius 3 is 2.65 bits per heavy atom. The Labute approximate surface area is 127 Å². The predicted molar refractivity (Wildman–Crippen MR) is 80.0 cm³/mol. The van der Waals surface area contributed by atoms with Crippen molar-refractivity contribution >= 4 is 41.2 Å². The molecule has 1 amide bonds. The van der Waals surface area contributed by atoms with Crippen molar-refractivity contribution in [2.45, 2.75) is 25.8 Å². The number of carbonyl (C=O) groups excluding carboxylic acids is 1. The molecule has 0 aromatic heterocycles. The van der Waals surface area contributed by atoms with Gasteiger partial charge in [-0.2, -0.15) is 0 Å². The highest BCUT2D eigenvalue weighted by Crippen LogP contribution is 2.21. The van der Waals surface area contributed by atoms with E-state index >= 15 is 0 Å². The molecule has 0 aliphatic rings. The molecule has 0 radical (unpaired) electrons. The Hall–Kier alpha value is -1.52. The number of carboxylic acids is 1. The maximum Gasteiger partial charge on any atom is 0.326 e. The summed E-state index contributed by atoms with van der Waals surface area (Å²) >= 11 is 11.7. The molecule has 4 nitrogen and oxygen atoms in total. The van der Waals surface area contributed by atoms with Crippen LogP contribution in [0.2, 0.25) is 10.0 Å². The molecule has 20 heavy (non-hydrogen) atoms. The first-order chi connectivity index (χ1) is 9.43. The molecule has 0 saturated carbocycles. The van der Waals surface area contributed by atoms with Gasteiger partial charge < -0.3 is 10.4 Å². The summed E-state index contributed by atoms with van der Waals surface area (Å²) < 4.78 is 0. The molecule has 0 aliphatic carbocycles. The summed E-state index contributed by atoms with van der Waals surface area (Å²) in [5, 5.41) is 12.3. The Bertz CT molecular complexity index is 529. The van der Waals surface area contributed by atoms with Crippen molar-refractivity contribution in [1.29, 1.82) is 0 Å². The van der Waals surface area contributed by atoms with Gasteiger partial charge in [0.15, 0.2) is 0 Å². The van der Waals surface area contributed by atoms with Crippen LogP contribution in [-0.4, -0.2) is 23.0 Å². The summed E-state index contributed by atoms with van der Waals surface area (Å²) in [6.07, 6.45) is 3.82. The molecule has 0 unspecified atom stereocenters. The van der Waals surface area contributed by atoms with Crippen molar-refractivity contribution in [2.75, 3.05) is 0 Å². The highest BCUT2D eigenvalue weighted by atomic mass is 35.5. The molecular formula is C14H15Cl2NO3. The Morgan fingerprint density at radius 1 is 1.40 bits per heavy atom. The second-order valence-corrected chi connectivity index (χ2v) is 5.03. The van der Waals surface area contributed by atoms with Crippen LogP contribution in [0.25, 0.3) is 6.08 Å². The number of rotatable bonds is 6. The van der Waals surface area contributed by atoms with Gasteiger partial charge in [0.1, 0.15) is 6.04 Å². The lowest BCUT2D eigenvalue weighted by atomic mass is 10.1. The molecule has 0 spiro atoms. The van der Waals surface area contributed by atoms with E-state index in [0.29, 0.717) is 28.5 Å². The minimum atomic E-state index is -1.04. The minimum absolute atomic E-state index is 0.386. The lowest BCUT2D eigenvalue weighted by Crippen LogP contribution is -2.39. The van der Waals surface area contributed by atoms with Gasteiger partial charge in [-0.25, -0.2) is 4.79 Å². The maximum absolute atomic E-state index is 11.7. The average molecular weight is 316 g/mol. The van der Waals surface area contributed by atoms with E-state index in [-0.39, 0.29) is 0 Å². The third-order valence-electron chi connectivity index (χ3n) is 2.57. The fraction of sp³-hybridized carbons (Fsp3) is 0.286. The van der Waals surface area contributed by atoms with E-state index < -0.39 is 17.9 Å². The fourth-order valence-electron chi connectivity index (χ4n) is 1.57. The van der Waals surface area contributed by atoms with Crippen LogP contribution in [0.5, 0.6) is 0 Å². The first-order valence-corrected chi connectivity index (χ1v) is 6.86. The summed E-state index contributed by atoms with van der Waals surface area (Å²) in [5.41, 5.74) is 0.633. The van der Waals surface area contributed by atoms with E-state index in [2.05, 4.69) is 5.32 Å². The van der Waals surface area contributed by atoms with E-state index in [4.69, 9.17) is 28.3 Å². The molecular weight excluding hydrogens is 301 g/mol. The summed E-state index contributed by atoms with van der Waals surface area (Å²) in [5.74, 6) is -1.52. The van der Waals surface area contributed by atoms with Crippen LogP contribution in [0.4, 0.5) is 0 Å². The molecule has 0 heterocycles. The number of aliphatic carboxylic acids is 1. The lowest BCUT2D eigenvalue weighted by Gasteiger charge is -2.11. The quantitative estimate of drug-likeness (QED) is 0.791. The van der Waals surface area contributed by atoms with Crippen LogP contribution >= 0.6 is 23.2 Å². The lowest BCUT2D eigenvalue weighted by molar-refractivity contribution is -0.141. The molecule has 1 aromatic rings. The predicted octanol–water partition coefficient (Wildman–Crippen LogP) is 3.38. The van der Waals surface area contributed by atoms with E-state index in [1.54, 1.807) is 18.2 Å². The third-order valence-corrected chi connectivity index (χ3v) is 3.13. The van der Waals surface area contributed by atoms with Crippen LogP contribution in [-0.2, 0) is 9.59 Å². The van der Waals surface area contributed by atoms with Gasteiger partial charge >= 0.3 is 5.97 Å². The van der Waals surface area contributed by atoms with Crippen molar-refractivity contribution in [3.8, 4) is 0 Å². The maximum atomic E-state index is 11.7. The van der Waals surface area contributed by atoms with Gasteiger partial charge in [-0.3, -0.25) is 4.79 Å². The second-order valence-electron chi connectivity index (χ2n) is 4.19. The molecule has 2 N–H and O–H groups in total. The molecule has 0 bridgehead atoms. The van der Waals surface area contributed by atoms with Gasteiger partial charge in [0.05, 0.1) is 0 Å². The van der Waals surface area contributed by atoms with Gasteiger partial charge in [-0.05, 0) is 30.2 Å². The average Bonchev–Trinajstić information content (AvgIpc) is 2.37. The smallest absolute Gasteiger partial charge is 0.326 e. The number of hydrogen-bond donors (Lipinski definition) is 2. The number of carboxylic acid groups (broad SMARTS) is 1. The Balaban J connectivity index is 2.69. The van der Waals surface area contributed by atoms with Crippen LogP contribution in [0.3, 0.4) is 0 Å². The molecule has 6 heteroatoms. The molecule has 1 rings (SSSR count). The largest absolute Gasteiger partial charge is 0.480 e. The summed E-state index contributed by atoms with van der Waals surface area (Å²) in [6, 6.07) is 4.02. The molecule has 108 valence electrons. The first-order valence-electron chi connectivity index (χ1n) is 6.10. The number of nitrogens with one attached hydrogen (secondary N) is 1. The highest BCUT2D eigenvalue weighted by molar-refractivity contribution is 6.35. The SMILES string of the molecule is CCC[C@H](NC(=O)/C=C/c1ccc(Cl)cc1Cl)C(=O)O. The van der Waals surface area contributed by atoms with Crippen LogP contribution in [0, 0.1) is 0 Å². The van der Waals surface area contributed by atoms with Crippen molar-refractivity contribution in [3.63, 3.8) is 0 Å². The monoisotopic (exact) mass is 315 g/mol. The molecule has 1 aromatic carbocycles. The zero-order valence-corrected chi connectivity index (χ0v) is 12.4. The van der Waals surface area contributed by atoms with Crippen molar-refractivity contribution in [1.82, 2.24) is 5.32 Å². The second kappa shape index (κ2) is 7.92. The van der Waals surface area contributed by atoms with Crippen LogP contribution in [0.15, 0.2) is 24.3 Å². The Morgan fingerprint density at radius 2 is 2.10 bits per heavy atom. The van der Waals surface area contributed by atoms with Gasteiger partial charge in [0, 0.05) is 16.1 Å². The molecule has 0 aliphatic heterocycles. The van der Waals surface area contributed by atoms with Crippen molar-refractivity contribution in [2.24, 2.45) is 0 Å². The summed E-state index contributed by atoms with van der Waals surface area (Å²) in [6.45, 7) is 1.85. The Kier molecular flexibility index (Phi) is 6.55. The molecule has 0 saturated heterocycles. The fourth-order valence-corrected chi connectivity index (χ4v) is 2.04. The number of hydrogen-bond acceptors (Lipinski definition) is 2. The number of halogens is 2. The van der Waals surface area contributed by atoms with E-state index in [9.17, 15) is 9.59 Å². The van der Waals surface area contributed by atoms with Gasteiger partial charge in [0.2, 0.25) is 5.91 Å². The van der Waals surface area contributed by atoms with E-state index in [0.717, 1.165) is 0 Å². The topological polar surface area (TPSA) is 66.4 Å². The number of carbonyl (C=O) groups is 2. The minimum Gasteiger partial charge on any atom is -0.480 e. The first kappa shape index (κ1) is 16.5. The standard InChI is InChI=1S/C14H15Cl2NO3/c1-2-3-12(14(19)20)17-13(18)7-5-9-4-6-10(15)8-11(9)16/h4-8,12H,2-3H2,1H3,(H,17,18)(H,19,20)/b7-5+/t12-/m0/s1. The van der Waals surface area contributed by atoms with Crippen molar-refractivity contribution < 1.29 is 14.7 Å². The highest BCUT2D eigenvalue weighted by Gasteiger charge is 2.17. The van der Waals surface area contributed by atoms with E-state index in [1.807, 2.05) is 6.92 Å². The summed E-state index contributed by atoms with van der Waals surface area (Å²) in [4.78, 5) is 22.6. The molecule has 1 atom stereocenters. The summed E-state index contributed by atoms with van der Waals surface area (Å²) in [7, 11) is 0. The number of amides is 1. The molecule has 0 fully saturated rings. The van der Waals surface area contributed by atoms with Crippen LogP contribution in [0.1, 0.15) is 25.3 Å². The zero-order valence-electron chi connectivity index (χ0n) is 10.9. The van der Waals surface area contributed by atoms with Crippen LogP contribution < -0.4 is 5.32 Å².